The molecule has 7 heteroatoms. The Morgan fingerprint density at radius 2 is 1.47 bits per heavy atom. The molecule has 0 aromatic heterocycles. The maximum absolute atomic E-state index is 13.2. The smallest absolute Gasteiger partial charge is 0.264 e. The van der Waals surface area contributed by atoms with Crippen molar-refractivity contribution in [3.8, 4) is 0 Å². The first kappa shape index (κ1) is 22.3. The van der Waals surface area contributed by atoms with E-state index in [1.807, 2.05) is 42.5 Å². The molecular formula is C23H23IN2O3S. The van der Waals surface area contributed by atoms with E-state index in [1.54, 1.807) is 30.3 Å². The molecule has 0 heterocycles. The molecule has 1 amide bonds. The van der Waals surface area contributed by atoms with E-state index in [0.29, 0.717) is 12.2 Å². The molecule has 30 heavy (non-hydrogen) atoms. The summed E-state index contributed by atoms with van der Waals surface area (Å²) in [5.74, 6) is -0.332. The van der Waals surface area contributed by atoms with Crippen molar-refractivity contribution < 1.29 is 13.2 Å². The molecular weight excluding hydrogens is 511 g/mol. The number of aryl methyl sites for hydroxylation is 1. The molecule has 0 spiro atoms. The molecule has 0 saturated carbocycles. The lowest BCUT2D eigenvalue weighted by molar-refractivity contribution is -0.119. The third-order valence-electron chi connectivity index (χ3n) is 4.54. The van der Waals surface area contributed by atoms with Gasteiger partial charge in [-0.3, -0.25) is 9.10 Å². The predicted octanol–water partition coefficient (Wildman–Crippen LogP) is 4.24. The number of nitrogens with zero attached hydrogens (tertiary/aromatic N) is 1. The van der Waals surface area contributed by atoms with Crippen molar-refractivity contribution in [3.63, 3.8) is 0 Å². The Morgan fingerprint density at radius 1 is 0.867 bits per heavy atom. The number of nitrogens with one attached hydrogen (secondary N) is 1. The molecule has 0 fully saturated rings. The quantitative estimate of drug-likeness (QED) is 0.330. The highest BCUT2D eigenvalue weighted by atomic mass is 127. The van der Waals surface area contributed by atoms with Gasteiger partial charge in [0.15, 0.2) is 0 Å². The van der Waals surface area contributed by atoms with Gasteiger partial charge in [-0.25, -0.2) is 8.42 Å². The van der Waals surface area contributed by atoms with Crippen molar-refractivity contribution in [2.45, 2.75) is 17.7 Å². The van der Waals surface area contributed by atoms with Gasteiger partial charge in [-0.1, -0.05) is 48.5 Å². The van der Waals surface area contributed by atoms with Crippen molar-refractivity contribution >= 4 is 44.2 Å². The fraction of sp³-hybridized carbons (Fsp3) is 0.174. The molecule has 0 bridgehead atoms. The van der Waals surface area contributed by atoms with Gasteiger partial charge in [0.1, 0.15) is 6.54 Å². The second-order valence-corrected chi connectivity index (χ2v) is 9.85. The van der Waals surface area contributed by atoms with Crippen LogP contribution in [-0.4, -0.2) is 27.4 Å². The Labute approximate surface area is 191 Å². The van der Waals surface area contributed by atoms with Crippen LogP contribution in [0.1, 0.15) is 12.0 Å². The van der Waals surface area contributed by atoms with Crippen LogP contribution in [-0.2, 0) is 21.2 Å². The first-order chi connectivity index (χ1) is 14.5. The van der Waals surface area contributed by atoms with Crippen LogP contribution in [0.2, 0.25) is 0 Å². The first-order valence-electron chi connectivity index (χ1n) is 9.61. The minimum atomic E-state index is -3.87. The van der Waals surface area contributed by atoms with Crippen LogP contribution in [0, 0.1) is 3.57 Å². The van der Waals surface area contributed by atoms with Crippen LogP contribution >= 0.6 is 22.6 Å². The summed E-state index contributed by atoms with van der Waals surface area (Å²) >= 11 is 2.16. The lowest BCUT2D eigenvalue weighted by Gasteiger charge is -2.24. The SMILES string of the molecule is O=C(CN(c1ccc(I)cc1)S(=O)(=O)c1ccccc1)NCCCc1ccccc1. The number of anilines is 1. The van der Waals surface area contributed by atoms with Gasteiger partial charge in [0.2, 0.25) is 5.91 Å². The van der Waals surface area contributed by atoms with Crippen LogP contribution in [0.15, 0.2) is 89.8 Å². The van der Waals surface area contributed by atoms with E-state index < -0.39 is 10.0 Å². The molecule has 0 unspecified atom stereocenters. The number of hydrogen-bond acceptors (Lipinski definition) is 3. The van der Waals surface area contributed by atoms with Crippen LogP contribution in [0.4, 0.5) is 5.69 Å². The third-order valence-corrected chi connectivity index (χ3v) is 7.05. The summed E-state index contributed by atoms with van der Waals surface area (Å²) in [6.07, 6.45) is 1.63. The predicted molar refractivity (Wildman–Crippen MR) is 128 cm³/mol. The van der Waals surface area contributed by atoms with Crippen molar-refractivity contribution in [1.82, 2.24) is 5.32 Å². The molecule has 0 aliphatic heterocycles. The van der Waals surface area contributed by atoms with Gasteiger partial charge in [0, 0.05) is 10.1 Å². The third kappa shape index (κ3) is 6.06. The normalized spacial score (nSPS) is 11.1. The molecule has 0 radical (unpaired) electrons. The molecule has 0 saturated heterocycles. The molecule has 5 nitrogen and oxygen atoms in total. The molecule has 0 atom stereocenters. The summed E-state index contributed by atoms with van der Waals surface area (Å²) in [5.41, 5.74) is 1.66. The van der Waals surface area contributed by atoms with E-state index in [-0.39, 0.29) is 17.3 Å². The van der Waals surface area contributed by atoms with Gasteiger partial charge < -0.3 is 5.32 Å². The summed E-state index contributed by atoms with van der Waals surface area (Å²) < 4.78 is 28.6. The zero-order valence-corrected chi connectivity index (χ0v) is 19.3. The topological polar surface area (TPSA) is 66.5 Å². The Morgan fingerprint density at radius 3 is 2.10 bits per heavy atom. The Bertz CT molecular complexity index is 1060. The van der Waals surface area contributed by atoms with Crippen molar-refractivity contribution in [1.29, 1.82) is 0 Å². The number of amides is 1. The summed E-state index contributed by atoms with van der Waals surface area (Å²) in [7, 11) is -3.87. The van der Waals surface area contributed by atoms with E-state index in [4.69, 9.17) is 0 Å². The van der Waals surface area contributed by atoms with Gasteiger partial charge in [-0.2, -0.15) is 0 Å². The van der Waals surface area contributed by atoms with Gasteiger partial charge in [-0.15, -0.1) is 0 Å². The number of carbonyl (C=O) groups is 1. The number of benzene rings is 3. The summed E-state index contributed by atoms with van der Waals surface area (Å²) in [4.78, 5) is 12.7. The van der Waals surface area contributed by atoms with Gasteiger partial charge in [0.05, 0.1) is 10.6 Å². The van der Waals surface area contributed by atoms with E-state index in [0.717, 1.165) is 20.7 Å². The Hall–Kier alpha value is -2.39. The number of carbonyl (C=O) groups excluding carboxylic acids is 1. The number of sulfonamides is 1. The molecule has 1 N–H and O–H groups in total. The lowest BCUT2D eigenvalue weighted by Crippen LogP contribution is -2.41. The minimum absolute atomic E-state index is 0.153. The number of hydrogen-bond donors (Lipinski definition) is 1. The van der Waals surface area contributed by atoms with Crippen molar-refractivity contribution in [3.05, 3.63) is 94.1 Å². The summed E-state index contributed by atoms with van der Waals surface area (Å²) in [5, 5.41) is 2.84. The number of rotatable bonds is 9. The van der Waals surface area contributed by atoms with Crippen LogP contribution in [0.25, 0.3) is 0 Å². The summed E-state index contributed by atoms with van der Waals surface area (Å²) in [6.45, 7) is 0.211. The summed E-state index contributed by atoms with van der Waals surface area (Å²) in [6, 6.07) is 25.3. The zero-order chi connectivity index (χ0) is 21.4. The highest BCUT2D eigenvalue weighted by Gasteiger charge is 2.26. The number of halogens is 1. The highest BCUT2D eigenvalue weighted by molar-refractivity contribution is 14.1. The molecule has 0 aliphatic carbocycles. The maximum Gasteiger partial charge on any atom is 0.264 e. The van der Waals surface area contributed by atoms with Crippen LogP contribution in [0.5, 0.6) is 0 Å². The van der Waals surface area contributed by atoms with E-state index >= 15 is 0 Å². The Balaban J connectivity index is 1.69. The van der Waals surface area contributed by atoms with E-state index in [1.165, 1.54) is 17.7 Å². The molecule has 3 aromatic carbocycles. The lowest BCUT2D eigenvalue weighted by atomic mass is 10.1. The van der Waals surface area contributed by atoms with Gasteiger partial charge >= 0.3 is 0 Å². The second-order valence-electron chi connectivity index (χ2n) is 6.74. The highest BCUT2D eigenvalue weighted by Crippen LogP contribution is 2.24. The second kappa shape index (κ2) is 10.6. The molecule has 3 rings (SSSR count). The van der Waals surface area contributed by atoms with Gasteiger partial charge in [0.25, 0.3) is 10.0 Å². The minimum Gasteiger partial charge on any atom is -0.355 e. The standard InChI is InChI=1S/C23H23IN2O3S/c24-20-13-15-21(16-14-20)26(30(28,29)22-11-5-2-6-12-22)18-23(27)25-17-7-10-19-8-3-1-4-9-19/h1-6,8-9,11-16H,7,10,17-18H2,(H,25,27). The Kier molecular flexibility index (Phi) is 7.87. The van der Waals surface area contributed by atoms with Crippen LogP contribution < -0.4 is 9.62 Å². The fourth-order valence-corrected chi connectivity index (χ4v) is 4.80. The monoisotopic (exact) mass is 534 g/mol. The molecule has 0 aliphatic rings. The molecule has 156 valence electrons. The van der Waals surface area contributed by atoms with Crippen molar-refractivity contribution in [2.24, 2.45) is 0 Å². The van der Waals surface area contributed by atoms with Gasteiger partial charge in [-0.05, 0) is 77.4 Å². The average molecular weight is 534 g/mol. The maximum atomic E-state index is 13.2. The molecule has 3 aromatic rings. The average Bonchev–Trinajstić information content (AvgIpc) is 2.77. The van der Waals surface area contributed by atoms with Crippen molar-refractivity contribution in [2.75, 3.05) is 17.4 Å². The first-order valence-corrected chi connectivity index (χ1v) is 12.1. The zero-order valence-electron chi connectivity index (χ0n) is 16.4. The van der Waals surface area contributed by atoms with E-state index in [9.17, 15) is 13.2 Å². The largest absolute Gasteiger partial charge is 0.355 e. The van der Waals surface area contributed by atoms with E-state index in [2.05, 4.69) is 27.9 Å². The fourth-order valence-electron chi connectivity index (χ4n) is 2.99. The van der Waals surface area contributed by atoms with Crippen LogP contribution in [0.3, 0.4) is 0 Å².